The predicted molar refractivity (Wildman–Crippen MR) is 130 cm³/mol. The van der Waals surface area contributed by atoms with E-state index in [0.29, 0.717) is 5.56 Å². The molecule has 0 spiro atoms. The van der Waals surface area contributed by atoms with Crippen molar-refractivity contribution < 1.29 is 21.4 Å². The minimum absolute atomic E-state index is 0.202. The summed E-state index contributed by atoms with van der Waals surface area (Å²) in [7, 11) is -4.49. The lowest BCUT2D eigenvalue weighted by Crippen LogP contribution is -2.22. The number of aryl methyl sites for hydroxylation is 1. The van der Waals surface area contributed by atoms with E-state index < -0.39 is 21.8 Å². The fourth-order valence-electron chi connectivity index (χ4n) is 3.38. The second kappa shape index (κ2) is 9.61. The van der Waals surface area contributed by atoms with E-state index in [-0.39, 0.29) is 10.5 Å². The first-order valence-corrected chi connectivity index (χ1v) is 12.0. The lowest BCUT2D eigenvalue weighted by Gasteiger charge is -2.21. The number of halogens is 2. The van der Waals surface area contributed by atoms with Crippen molar-refractivity contribution in [1.82, 2.24) is 0 Å². The van der Waals surface area contributed by atoms with Crippen LogP contribution in [0.15, 0.2) is 120 Å². The Bertz CT molecular complexity index is 1380. The van der Waals surface area contributed by atoms with Crippen molar-refractivity contribution in [2.45, 2.75) is 17.7 Å². The third-order valence-corrected chi connectivity index (χ3v) is 6.52. The van der Waals surface area contributed by atoms with Crippen LogP contribution in [0.2, 0.25) is 0 Å². The van der Waals surface area contributed by atoms with Gasteiger partial charge in [0.05, 0.1) is 0 Å². The molecular formula is C28H22F2O3S. The van der Waals surface area contributed by atoms with E-state index in [1.165, 1.54) is 24.3 Å². The summed E-state index contributed by atoms with van der Waals surface area (Å²) in [5.41, 5.74) is 2.49. The molecule has 3 nitrogen and oxygen atoms in total. The van der Waals surface area contributed by atoms with Gasteiger partial charge in [-0.1, -0.05) is 103 Å². The summed E-state index contributed by atoms with van der Waals surface area (Å²) in [5.74, 6) is -4.69. The van der Waals surface area contributed by atoms with Gasteiger partial charge in [-0.05, 0) is 41.8 Å². The van der Waals surface area contributed by atoms with E-state index >= 15 is 8.78 Å². The monoisotopic (exact) mass is 476 g/mol. The highest BCUT2D eigenvalue weighted by molar-refractivity contribution is 7.86. The highest BCUT2D eigenvalue weighted by Crippen LogP contribution is 2.40. The second-order valence-corrected chi connectivity index (χ2v) is 9.33. The van der Waals surface area contributed by atoms with Crippen molar-refractivity contribution >= 4 is 16.2 Å². The average molecular weight is 477 g/mol. The third-order valence-electron chi connectivity index (χ3n) is 5.27. The van der Waals surface area contributed by atoms with Crippen LogP contribution in [-0.2, 0) is 20.2 Å². The van der Waals surface area contributed by atoms with Crippen molar-refractivity contribution in [1.29, 1.82) is 0 Å². The summed E-state index contributed by atoms with van der Waals surface area (Å²) in [6, 6.07) is 29.2. The van der Waals surface area contributed by atoms with Gasteiger partial charge < -0.3 is 4.18 Å². The molecule has 0 aliphatic heterocycles. The summed E-state index contributed by atoms with van der Waals surface area (Å²) in [6.07, 6.45) is 1.05. The van der Waals surface area contributed by atoms with Gasteiger partial charge in [-0.15, -0.1) is 0 Å². The molecular weight excluding hydrogens is 454 g/mol. The fraction of sp³-hybridized carbons (Fsp3) is 0.0714. The van der Waals surface area contributed by atoms with Crippen LogP contribution in [0.3, 0.4) is 0 Å². The van der Waals surface area contributed by atoms with E-state index in [2.05, 4.69) is 0 Å². The zero-order valence-electron chi connectivity index (χ0n) is 18.4. The molecule has 0 radical (unpaired) electrons. The van der Waals surface area contributed by atoms with Gasteiger partial charge in [0.2, 0.25) is 0 Å². The van der Waals surface area contributed by atoms with Crippen LogP contribution in [-0.4, -0.2) is 8.42 Å². The van der Waals surface area contributed by atoms with Crippen molar-refractivity contribution in [3.8, 4) is 11.1 Å². The molecule has 4 aromatic carbocycles. The zero-order valence-corrected chi connectivity index (χ0v) is 19.2. The van der Waals surface area contributed by atoms with Crippen LogP contribution in [0.1, 0.15) is 16.7 Å². The van der Waals surface area contributed by atoms with Gasteiger partial charge in [-0.2, -0.15) is 17.2 Å². The van der Waals surface area contributed by atoms with Gasteiger partial charge in [-0.3, -0.25) is 0 Å². The lowest BCUT2D eigenvalue weighted by atomic mass is 10.00. The topological polar surface area (TPSA) is 43.4 Å². The molecule has 4 rings (SSSR count). The molecule has 0 saturated heterocycles. The van der Waals surface area contributed by atoms with E-state index in [1.54, 1.807) is 61.5 Å². The van der Waals surface area contributed by atoms with Crippen molar-refractivity contribution in [3.05, 3.63) is 132 Å². The van der Waals surface area contributed by atoms with Crippen molar-refractivity contribution in [3.63, 3.8) is 0 Å². The molecule has 0 unspecified atom stereocenters. The second-order valence-electron chi connectivity index (χ2n) is 7.79. The van der Waals surface area contributed by atoms with Crippen LogP contribution in [0.5, 0.6) is 0 Å². The molecule has 0 heterocycles. The first kappa shape index (κ1) is 23.4. The molecule has 0 N–H and O–H groups in total. The van der Waals surface area contributed by atoms with Crippen LogP contribution in [0, 0.1) is 6.92 Å². The molecule has 34 heavy (non-hydrogen) atoms. The standard InChI is InChI=1S/C28H22F2O3S/c1-21-12-18-26(19-13-21)34(31,32)33-27(20-22-8-4-2-5-9-22)28(29,30)25-16-14-24(15-17-25)23-10-6-3-7-11-23/h2-20H,1H3/b27-20-. The summed E-state index contributed by atoms with van der Waals surface area (Å²) in [6.45, 7) is 1.80. The Kier molecular flexibility index (Phi) is 6.61. The van der Waals surface area contributed by atoms with Gasteiger partial charge in [-0.25, -0.2) is 0 Å². The van der Waals surface area contributed by atoms with Crippen LogP contribution < -0.4 is 0 Å². The SMILES string of the molecule is Cc1ccc(S(=O)(=O)O/C(=C\c2ccccc2)C(F)(F)c2ccc(-c3ccccc3)cc2)cc1. The molecule has 4 aromatic rings. The Labute approximate surface area is 198 Å². The van der Waals surface area contributed by atoms with E-state index in [0.717, 1.165) is 22.8 Å². The predicted octanol–water partition coefficient (Wildman–Crippen LogP) is 7.20. The maximum Gasteiger partial charge on any atom is 0.339 e. The minimum atomic E-state index is -4.49. The molecule has 0 bridgehead atoms. The van der Waals surface area contributed by atoms with Crippen LogP contribution >= 0.6 is 0 Å². The molecule has 0 aromatic heterocycles. The van der Waals surface area contributed by atoms with Gasteiger partial charge in [0.25, 0.3) is 0 Å². The van der Waals surface area contributed by atoms with Gasteiger partial charge in [0, 0.05) is 5.56 Å². The van der Waals surface area contributed by atoms with E-state index in [1.807, 2.05) is 30.3 Å². The van der Waals surface area contributed by atoms with Crippen LogP contribution in [0.4, 0.5) is 8.78 Å². The average Bonchev–Trinajstić information content (AvgIpc) is 2.85. The zero-order chi connectivity index (χ0) is 24.2. The van der Waals surface area contributed by atoms with Gasteiger partial charge >= 0.3 is 16.0 Å². The summed E-state index contributed by atoms with van der Waals surface area (Å²) >= 11 is 0. The Morgan fingerprint density at radius 2 is 1.26 bits per heavy atom. The van der Waals surface area contributed by atoms with Crippen molar-refractivity contribution in [2.24, 2.45) is 0 Å². The highest BCUT2D eigenvalue weighted by Gasteiger charge is 2.41. The fourth-order valence-corrected chi connectivity index (χ4v) is 4.34. The maximum atomic E-state index is 15.7. The number of rotatable bonds is 7. The molecule has 172 valence electrons. The Balaban J connectivity index is 1.73. The smallest absolute Gasteiger partial charge is 0.339 e. The number of allylic oxidation sites excluding steroid dienone is 1. The van der Waals surface area contributed by atoms with E-state index in [9.17, 15) is 8.42 Å². The Morgan fingerprint density at radius 1 is 0.735 bits per heavy atom. The number of benzene rings is 4. The third kappa shape index (κ3) is 5.24. The first-order valence-electron chi connectivity index (χ1n) is 10.6. The molecule has 0 aliphatic carbocycles. The van der Waals surface area contributed by atoms with Crippen LogP contribution in [0.25, 0.3) is 17.2 Å². The molecule has 0 saturated carbocycles. The minimum Gasteiger partial charge on any atom is -0.377 e. The summed E-state index contributed by atoms with van der Waals surface area (Å²) in [4.78, 5) is -0.202. The van der Waals surface area contributed by atoms with Gasteiger partial charge in [0.1, 0.15) is 4.90 Å². The molecule has 6 heteroatoms. The number of alkyl halides is 2. The largest absolute Gasteiger partial charge is 0.377 e. The molecule has 0 amide bonds. The van der Waals surface area contributed by atoms with Crippen molar-refractivity contribution in [2.75, 3.05) is 0 Å². The van der Waals surface area contributed by atoms with Gasteiger partial charge in [0.15, 0.2) is 5.76 Å². The molecule has 0 atom stereocenters. The summed E-state index contributed by atoms with van der Waals surface area (Å²) < 4.78 is 62.2. The first-order chi connectivity index (χ1) is 16.3. The number of hydrogen-bond acceptors (Lipinski definition) is 3. The normalized spacial score (nSPS) is 12.4. The Hall–Kier alpha value is -3.77. The highest BCUT2D eigenvalue weighted by atomic mass is 32.2. The molecule has 0 fully saturated rings. The van der Waals surface area contributed by atoms with E-state index in [4.69, 9.17) is 4.18 Å². The summed E-state index contributed by atoms with van der Waals surface area (Å²) in [5, 5.41) is 0. The maximum absolute atomic E-state index is 15.7. The molecule has 0 aliphatic rings. The quantitative estimate of drug-likeness (QED) is 0.209. The number of hydrogen-bond donors (Lipinski definition) is 0. The Morgan fingerprint density at radius 3 is 1.85 bits per heavy atom. The lowest BCUT2D eigenvalue weighted by molar-refractivity contribution is 0.00383.